The fourth-order valence-corrected chi connectivity index (χ4v) is 4.13. The van der Waals surface area contributed by atoms with Crippen LogP contribution in [0.1, 0.15) is 61.3 Å². The zero-order valence-corrected chi connectivity index (χ0v) is 13.6. The lowest BCUT2D eigenvalue weighted by Gasteiger charge is -2.45. The average Bonchev–Trinajstić information content (AvgIpc) is 1.78. The molecule has 0 aliphatic carbocycles. The molecule has 0 rings (SSSR count). The first-order chi connectivity index (χ1) is 6.08. The molecule has 0 N–H and O–H groups in total. The Balaban J connectivity index is 4.67. The van der Waals surface area contributed by atoms with Crippen LogP contribution in [0, 0.1) is 17.3 Å². The molecule has 0 unspecified atom stereocenters. The topological polar surface area (TPSA) is 0 Å². The van der Waals surface area contributed by atoms with E-state index in [9.17, 15) is 0 Å². The SMILES string of the molecule is CC(C)CC([SiH3])(CC(C)C)C(C)(C)C. The largest absolute Gasteiger partial charge is 0.0628 e. The normalized spacial score (nSPS) is 14.4. The lowest BCUT2D eigenvalue weighted by molar-refractivity contribution is 0.193. The van der Waals surface area contributed by atoms with Crippen LogP contribution in [0.3, 0.4) is 0 Å². The van der Waals surface area contributed by atoms with Crippen LogP contribution in [0.2, 0.25) is 5.04 Å². The molecule has 0 saturated heterocycles. The van der Waals surface area contributed by atoms with Crippen LogP contribution < -0.4 is 0 Å². The molecule has 0 atom stereocenters. The lowest BCUT2D eigenvalue weighted by Crippen LogP contribution is -2.32. The van der Waals surface area contributed by atoms with Crippen LogP contribution in [0.5, 0.6) is 0 Å². The summed E-state index contributed by atoms with van der Waals surface area (Å²) in [7, 11) is 1.32. The van der Waals surface area contributed by atoms with Gasteiger partial charge < -0.3 is 0 Å². The summed E-state index contributed by atoms with van der Waals surface area (Å²) in [4.78, 5) is 0. The molecular formula is C13H30Si. The van der Waals surface area contributed by atoms with Crippen molar-refractivity contribution < 1.29 is 0 Å². The monoisotopic (exact) mass is 214 g/mol. The van der Waals surface area contributed by atoms with E-state index >= 15 is 0 Å². The Morgan fingerprint density at radius 1 is 0.857 bits per heavy atom. The fraction of sp³-hybridized carbons (Fsp3) is 1.00. The molecule has 0 aromatic rings. The third-order valence-electron chi connectivity index (χ3n) is 3.53. The van der Waals surface area contributed by atoms with Gasteiger partial charge in [0.05, 0.1) is 0 Å². The summed E-state index contributed by atoms with van der Waals surface area (Å²) < 4.78 is 0. The van der Waals surface area contributed by atoms with Crippen molar-refractivity contribution in [2.75, 3.05) is 0 Å². The zero-order chi connectivity index (χ0) is 11.6. The maximum atomic E-state index is 2.42. The third-order valence-corrected chi connectivity index (χ3v) is 5.84. The third kappa shape index (κ3) is 4.16. The Hall–Kier alpha value is 0.217. The molecule has 0 aromatic heterocycles. The molecule has 0 bridgehead atoms. The van der Waals surface area contributed by atoms with Gasteiger partial charge in [0.25, 0.3) is 0 Å². The van der Waals surface area contributed by atoms with Crippen molar-refractivity contribution >= 4 is 10.2 Å². The minimum Gasteiger partial charge on any atom is -0.0628 e. The van der Waals surface area contributed by atoms with Crippen molar-refractivity contribution in [3.63, 3.8) is 0 Å². The van der Waals surface area contributed by atoms with Crippen LogP contribution in [-0.2, 0) is 0 Å². The summed E-state index contributed by atoms with van der Waals surface area (Å²) in [6.45, 7) is 16.7. The lowest BCUT2D eigenvalue weighted by atomic mass is 9.71. The molecule has 0 aromatic carbocycles. The average molecular weight is 214 g/mol. The Kier molecular flexibility index (Phi) is 4.90. The molecule has 0 fully saturated rings. The highest BCUT2D eigenvalue weighted by Gasteiger charge is 2.37. The molecule has 0 amide bonds. The maximum absolute atomic E-state index is 2.42. The van der Waals surface area contributed by atoms with Gasteiger partial charge in [-0.05, 0) is 35.1 Å². The van der Waals surface area contributed by atoms with Crippen LogP contribution in [0.4, 0.5) is 0 Å². The summed E-state index contributed by atoms with van der Waals surface area (Å²) in [5.74, 6) is 1.68. The smallest absolute Gasteiger partial charge is 0.0113 e. The molecule has 0 spiro atoms. The van der Waals surface area contributed by atoms with Gasteiger partial charge in [0.2, 0.25) is 0 Å². The molecule has 0 nitrogen and oxygen atoms in total. The Morgan fingerprint density at radius 2 is 1.14 bits per heavy atom. The highest BCUT2D eigenvalue weighted by Crippen LogP contribution is 2.51. The first-order valence-electron chi connectivity index (χ1n) is 6.08. The van der Waals surface area contributed by atoms with E-state index in [1.165, 1.54) is 23.1 Å². The minimum absolute atomic E-state index is 0.480. The number of hydrogen-bond acceptors (Lipinski definition) is 0. The van der Waals surface area contributed by atoms with Gasteiger partial charge in [-0.1, -0.05) is 48.5 Å². The zero-order valence-electron chi connectivity index (χ0n) is 11.6. The molecule has 0 aliphatic rings. The van der Waals surface area contributed by atoms with Crippen molar-refractivity contribution in [3.8, 4) is 0 Å². The summed E-state index contributed by atoms with van der Waals surface area (Å²) in [5.41, 5.74) is 0.480. The summed E-state index contributed by atoms with van der Waals surface area (Å²) in [5, 5.41) is 0.620. The molecule has 0 radical (unpaired) electrons. The van der Waals surface area contributed by atoms with E-state index < -0.39 is 0 Å². The van der Waals surface area contributed by atoms with Crippen molar-refractivity contribution in [1.29, 1.82) is 0 Å². The van der Waals surface area contributed by atoms with E-state index in [1.54, 1.807) is 0 Å². The van der Waals surface area contributed by atoms with E-state index in [2.05, 4.69) is 48.5 Å². The van der Waals surface area contributed by atoms with Crippen molar-refractivity contribution in [2.45, 2.75) is 66.3 Å². The molecule has 86 valence electrons. The second-order valence-corrected chi connectivity index (χ2v) is 8.92. The Bertz CT molecular complexity index is 153. The molecule has 0 saturated carbocycles. The standard InChI is InChI=1S/C13H30Si/c1-10(2)8-13(14,9-11(3)4)12(5,6)7/h10-11H,8-9H2,1-7,14H3. The second kappa shape index (κ2) is 4.83. The van der Waals surface area contributed by atoms with Crippen LogP contribution in [-0.4, -0.2) is 10.2 Å². The van der Waals surface area contributed by atoms with E-state index in [4.69, 9.17) is 0 Å². The Labute approximate surface area is 94.3 Å². The highest BCUT2D eigenvalue weighted by atomic mass is 28.1. The van der Waals surface area contributed by atoms with Crippen LogP contribution in [0.25, 0.3) is 0 Å². The van der Waals surface area contributed by atoms with Gasteiger partial charge in [0, 0.05) is 10.2 Å². The molecule has 0 aliphatic heterocycles. The predicted octanol–water partition coefficient (Wildman–Crippen LogP) is 3.65. The van der Waals surface area contributed by atoms with Crippen LogP contribution in [0.15, 0.2) is 0 Å². The number of rotatable bonds is 4. The van der Waals surface area contributed by atoms with E-state index in [0.717, 1.165) is 11.8 Å². The minimum atomic E-state index is 0.480. The van der Waals surface area contributed by atoms with Gasteiger partial charge in [-0.25, -0.2) is 0 Å². The summed E-state index contributed by atoms with van der Waals surface area (Å²) in [6, 6.07) is 0. The van der Waals surface area contributed by atoms with Gasteiger partial charge in [-0.2, -0.15) is 0 Å². The first kappa shape index (κ1) is 14.2. The predicted molar refractivity (Wildman–Crippen MR) is 71.0 cm³/mol. The molecule has 1 heteroatoms. The Morgan fingerprint density at radius 3 is 1.29 bits per heavy atom. The van der Waals surface area contributed by atoms with Gasteiger partial charge >= 0.3 is 0 Å². The number of hydrogen-bond donors (Lipinski definition) is 0. The maximum Gasteiger partial charge on any atom is 0.0113 e. The van der Waals surface area contributed by atoms with Crippen molar-refractivity contribution in [1.82, 2.24) is 0 Å². The summed E-state index contributed by atoms with van der Waals surface area (Å²) >= 11 is 0. The van der Waals surface area contributed by atoms with Crippen molar-refractivity contribution in [2.24, 2.45) is 17.3 Å². The molecule has 14 heavy (non-hydrogen) atoms. The molecular weight excluding hydrogens is 184 g/mol. The van der Waals surface area contributed by atoms with Gasteiger partial charge in [-0.15, -0.1) is 0 Å². The van der Waals surface area contributed by atoms with E-state index in [1.807, 2.05) is 0 Å². The van der Waals surface area contributed by atoms with Gasteiger partial charge in [0.15, 0.2) is 0 Å². The van der Waals surface area contributed by atoms with E-state index in [0.29, 0.717) is 10.5 Å². The van der Waals surface area contributed by atoms with Gasteiger partial charge in [0.1, 0.15) is 0 Å². The molecule has 0 heterocycles. The first-order valence-corrected chi connectivity index (χ1v) is 7.08. The van der Waals surface area contributed by atoms with Gasteiger partial charge in [-0.3, -0.25) is 0 Å². The van der Waals surface area contributed by atoms with E-state index in [-0.39, 0.29) is 0 Å². The second-order valence-electron chi connectivity index (χ2n) is 7.01. The van der Waals surface area contributed by atoms with Crippen molar-refractivity contribution in [3.05, 3.63) is 0 Å². The summed E-state index contributed by atoms with van der Waals surface area (Å²) in [6.07, 6.45) is 2.81. The quantitative estimate of drug-likeness (QED) is 0.627. The highest BCUT2D eigenvalue weighted by molar-refractivity contribution is 6.15. The fourth-order valence-electron chi connectivity index (χ4n) is 2.50. The van der Waals surface area contributed by atoms with Crippen LogP contribution >= 0.6 is 0 Å².